The van der Waals surface area contributed by atoms with E-state index in [2.05, 4.69) is 9.55 Å². The normalized spacial score (nSPS) is 11.3. The van der Waals surface area contributed by atoms with Gasteiger partial charge in [-0.15, -0.1) is 10.1 Å². The second kappa shape index (κ2) is 11.5. The average Bonchev–Trinajstić information content (AvgIpc) is 3.18. The molecule has 0 saturated heterocycles. The van der Waals surface area contributed by atoms with Crippen molar-refractivity contribution in [2.75, 3.05) is 0 Å². The number of imidazole rings is 1. The summed E-state index contributed by atoms with van der Waals surface area (Å²) in [5.41, 5.74) is 1.07. The quantitative estimate of drug-likeness (QED) is 0.341. The molecule has 1 aromatic heterocycles. The van der Waals surface area contributed by atoms with Crippen LogP contribution in [0.25, 0.3) is 0 Å². The highest BCUT2D eigenvalue weighted by Gasteiger charge is 2.14. The molecule has 10 heteroatoms. The first-order valence-electron chi connectivity index (χ1n) is 8.51. The number of halogens is 3. The van der Waals surface area contributed by atoms with Crippen LogP contribution in [-0.2, 0) is 6.54 Å². The Morgan fingerprint density at radius 3 is 2.41 bits per heavy atom. The van der Waals surface area contributed by atoms with Crippen LogP contribution in [0.3, 0.4) is 0 Å². The van der Waals surface area contributed by atoms with Gasteiger partial charge < -0.3 is 14.5 Å². The van der Waals surface area contributed by atoms with Crippen LogP contribution in [0.1, 0.15) is 24.5 Å². The molecule has 7 nitrogen and oxygen atoms in total. The Kier molecular flexibility index (Phi) is 9.05. The number of ether oxygens (including phenoxy) is 1. The fourth-order valence-corrected chi connectivity index (χ4v) is 2.98. The molecule has 0 aliphatic carbocycles. The maximum Gasteiger partial charge on any atom is 0.291 e. The highest BCUT2D eigenvalue weighted by atomic mass is 35.5. The lowest BCUT2D eigenvalue weighted by Crippen LogP contribution is -2.09. The van der Waals surface area contributed by atoms with Crippen molar-refractivity contribution in [3.63, 3.8) is 0 Å². The second-order valence-corrected chi connectivity index (χ2v) is 7.17. The lowest BCUT2D eigenvalue weighted by atomic mass is 10.0. The van der Waals surface area contributed by atoms with Crippen LogP contribution >= 0.6 is 34.8 Å². The van der Waals surface area contributed by atoms with Gasteiger partial charge in [0.2, 0.25) is 0 Å². The van der Waals surface area contributed by atoms with E-state index < -0.39 is 5.09 Å². The topological polar surface area (TPSA) is 90.4 Å². The zero-order chi connectivity index (χ0) is 21.2. The van der Waals surface area contributed by atoms with E-state index in [9.17, 15) is 0 Å². The van der Waals surface area contributed by atoms with Gasteiger partial charge >= 0.3 is 0 Å². The largest absolute Gasteiger partial charge is 0.486 e. The van der Waals surface area contributed by atoms with Crippen molar-refractivity contribution in [2.24, 2.45) is 0 Å². The van der Waals surface area contributed by atoms with Gasteiger partial charge in [0.25, 0.3) is 5.09 Å². The van der Waals surface area contributed by atoms with Crippen molar-refractivity contribution >= 4 is 34.8 Å². The lowest BCUT2D eigenvalue weighted by Gasteiger charge is -2.20. The molecule has 0 radical (unpaired) electrons. The molecule has 0 aliphatic rings. The van der Waals surface area contributed by atoms with Gasteiger partial charge in [-0.05, 0) is 42.7 Å². The summed E-state index contributed by atoms with van der Waals surface area (Å²) >= 11 is 18.1. The molecule has 2 aromatic carbocycles. The van der Waals surface area contributed by atoms with Gasteiger partial charge in [0.15, 0.2) is 0 Å². The van der Waals surface area contributed by atoms with E-state index in [0.717, 1.165) is 24.9 Å². The smallest absolute Gasteiger partial charge is 0.291 e. The molecule has 0 bridgehead atoms. The Morgan fingerprint density at radius 2 is 1.83 bits per heavy atom. The van der Waals surface area contributed by atoms with Gasteiger partial charge in [0, 0.05) is 30.0 Å². The monoisotopic (exact) mass is 457 g/mol. The maximum absolute atomic E-state index is 8.36. The molecule has 0 spiro atoms. The van der Waals surface area contributed by atoms with Crippen molar-refractivity contribution in [1.29, 1.82) is 0 Å². The van der Waals surface area contributed by atoms with Crippen LogP contribution < -0.4 is 4.74 Å². The summed E-state index contributed by atoms with van der Waals surface area (Å²) in [4.78, 5) is 12.4. The third-order valence-electron chi connectivity index (χ3n) is 3.85. The average molecular weight is 459 g/mol. The molecule has 0 saturated carbocycles. The first kappa shape index (κ1) is 22.8. The molecule has 154 valence electrons. The van der Waals surface area contributed by atoms with E-state index in [4.69, 9.17) is 54.9 Å². The number of aromatic nitrogens is 2. The molecule has 1 N–H and O–H groups in total. The lowest BCUT2D eigenvalue weighted by molar-refractivity contribution is -0.742. The zero-order valence-electron chi connectivity index (χ0n) is 15.1. The minimum atomic E-state index is -1.50. The zero-order valence-corrected chi connectivity index (χ0v) is 17.4. The molecule has 1 heterocycles. The molecular formula is C19H18Cl3N3O4. The molecule has 3 aromatic rings. The van der Waals surface area contributed by atoms with Crippen LogP contribution in [0, 0.1) is 10.1 Å². The van der Waals surface area contributed by atoms with Crippen LogP contribution in [0.2, 0.25) is 15.1 Å². The first-order valence-corrected chi connectivity index (χ1v) is 9.64. The van der Waals surface area contributed by atoms with E-state index in [1.165, 1.54) is 0 Å². The van der Waals surface area contributed by atoms with E-state index in [1.54, 1.807) is 18.3 Å². The number of hydrogen-bond donors (Lipinski definition) is 1. The third-order valence-corrected chi connectivity index (χ3v) is 4.84. The molecule has 1 atom stereocenters. The molecule has 3 rings (SSSR count). The fraction of sp³-hybridized carbons (Fsp3) is 0.211. The number of aryl methyl sites for hydroxylation is 1. The number of benzene rings is 2. The molecule has 0 amide bonds. The van der Waals surface area contributed by atoms with Crippen LogP contribution in [-0.4, -0.2) is 19.8 Å². The predicted molar refractivity (Wildman–Crippen MR) is 112 cm³/mol. The molecule has 29 heavy (non-hydrogen) atoms. The molecule has 0 aliphatic heterocycles. The Labute approximate surface area is 182 Å². The van der Waals surface area contributed by atoms with Gasteiger partial charge in [0.05, 0.1) is 16.4 Å². The Balaban J connectivity index is 0.000000687. The van der Waals surface area contributed by atoms with Crippen molar-refractivity contribution in [1.82, 2.24) is 9.55 Å². The van der Waals surface area contributed by atoms with E-state index >= 15 is 0 Å². The van der Waals surface area contributed by atoms with Gasteiger partial charge in [-0.1, -0.05) is 46.9 Å². The van der Waals surface area contributed by atoms with Gasteiger partial charge in [-0.3, -0.25) is 0 Å². The van der Waals surface area contributed by atoms with Crippen LogP contribution in [0.15, 0.2) is 61.2 Å². The summed E-state index contributed by atoms with van der Waals surface area (Å²) in [6.45, 7) is 0.884. The standard InChI is InChI=1S/C19H17Cl3N2O.HNO3/c20-15-5-3-14(4-6-15)19(2-1-10-24-11-9-23-13-24)25-16-7-8-17(21)18(22)12-16;2-1(3)4/h3-9,11-13,19H,1-2,10H2;(H,2,3,4). The van der Waals surface area contributed by atoms with Gasteiger partial charge in [-0.25, -0.2) is 4.98 Å². The van der Waals surface area contributed by atoms with Crippen molar-refractivity contribution < 1.29 is 15.0 Å². The van der Waals surface area contributed by atoms with E-state index in [1.807, 2.05) is 42.9 Å². The number of rotatable bonds is 7. The number of hydrogen-bond acceptors (Lipinski definition) is 4. The van der Waals surface area contributed by atoms with Crippen molar-refractivity contribution in [3.8, 4) is 5.75 Å². The van der Waals surface area contributed by atoms with Crippen LogP contribution in [0.5, 0.6) is 5.75 Å². The van der Waals surface area contributed by atoms with E-state index in [0.29, 0.717) is 20.8 Å². The SMILES string of the molecule is Clc1ccc(C(CCCn2ccnc2)Oc2ccc(Cl)c(Cl)c2)cc1.O=[N+]([O-])O. The fourth-order valence-electron chi connectivity index (χ4n) is 2.56. The van der Waals surface area contributed by atoms with Crippen molar-refractivity contribution in [3.05, 3.63) is 91.9 Å². The van der Waals surface area contributed by atoms with E-state index in [-0.39, 0.29) is 6.10 Å². The Morgan fingerprint density at radius 1 is 1.14 bits per heavy atom. The summed E-state index contributed by atoms with van der Waals surface area (Å²) in [6.07, 6.45) is 7.25. The summed E-state index contributed by atoms with van der Waals surface area (Å²) in [5, 5.41) is 15.3. The first-order chi connectivity index (χ1) is 13.8. The summed E-state index contributed by atoms with van der Waals surface area (Å²) < 4.78 is 8.24. The molecular weight excluding hydrogens is 441 g/mol. The Bertz CT molecular complexity index is 902. The number of nitrogens with zero attached hydrogens (tertiary/aromatic N) is 3. The summed E-state index contributed by atoms with van der Waals surface area (Å²) in [5.74, 6) is 0.692. The predicted octanol–water partition coefficient (Wildman–Crippen LogP) is 6.10. The van der Waals surface area contributed by atoms with Gasteiger partial charge in [0.1, 0.15) is 11.9 Å². The van der Waals surface area contributed by atoms with Gasteiger partial charge in [-0.2, -0.15) is 0 Å². The molecule has 0 fully saturated rings. The maximum atomic E-state index is 8.36. The summed E-state index contributed by atoms with van der Waals surface area (Å²) in [6, 6.07) is 13.0. The highest BCUT2D eigenvalue weighted by molar-refractivity contribution is 6.42. The third kappa shape index (κ3) is 8.19. The highest BCUT2D eigenvalue weighted by Crippen LogP contribution is 2.31. The molecule has 1 unspecified atom stereocenters. The van der Waals surface area contributed by atoms with Crippen molar-refractivity contribution in [2.45, 2.75) is 25.5 Å². The summed E-state index contributed by atoms with van der Waals surface area (Å²) in [7, 11) is 0. The second-order valence-electron chi connectivity index (χ2n) is 5.91. The minimum Gasteiger partial charge on any atom is -0.486 e. The van der Waals surface area contributed by atoms with Crippen LogP contribution in [0.4, 0.5) is 0 Å². The minimum absolute atomic E-state index is 0.0990. The Hall–Kier alpha value is -2.48.